The first kappa shape index (κ1) is 12.7. The number of rotatable bonds is 2. The fraction of sp³-hybridized carbons (Fsp3) is 0.733. The standard InChI is InChI=1S/C15H23N3O/c1-11-14(10-19)15(17(2)16-11)18-8-7-12-5-3-4-6-13(12)9-18/h10,12-13H,3-9H2,1-2H3. The van der Waals surface area contributed by atoms with Crippen LogP contribution in [-0.4, -0.2) is 29.2 Å². The van der Waals surface area contributed by atoms with Crippen LogP contribution in [0, 0.1) is 18.8 Å². The first-order valence-corrected chi connectivity index (χ1v) is 7.44. The molecule has 4 heteroatoms. The molecule has 0 bridgehead atoms. The molecule has 1 aliphatic heterocycles. The van der Waals surface area contributed by atoms with E-state index in [4.69, 9.17) is 0 Å². The molecule has 104 valence electrons. The lowest BCUT2D eigenvalue weighted by Crippen LogP contribution is -2.42. The van der Waals surface area contributed by atoms with Crippen LogP contribution in [0.4, 0.5) is 5.82 Å². The summed E-state index contributed by atoms with van der Waals surface area (Å²) in [4.78, 5) is 13.7. The predicted molar refractivity (Wildman–Crippen MR) is 75.6 cm³/mol. The summed E-state index contributed by atoms with van der Waals surface area (Å²) in [5, 5.41) is 4.40. The molecule has 1 aromatic rings. The van der Waals surface area contributed by atoms with Crippen LogP contribution in [0.25, 0.3) is 0 Å². The Labute approximate surface area is 114 Å². The molecule has 0 amide bonds. The summed E-state index contributed by atoms with van der Waals surface area (Å²) < 4.78 is 1.88. The molecule has 2 heterocycles. The van der Waals surface area contributed by atoms with Crippen molar-refractivity contribution in [1.82, 2.24) is 9.78 Å². The minimum atomic E-state index is 0.775. The average Bonchev–Trinajstić information content (AvgIpc) is 2.72. The van der Waals surface area contributed by atoms with E-state index in [0.717, 1.165) is 48.3 Å². The molecule has 2 unspecified atom stereocenters. The van der Waals surface area contributed by atoms with E-state index in [2.05, 4.69) is 10.00 Å². The van der Waals surface area contributed by atoms with Crippen molar-refractivity contribution in [3.8, 4) is 0 Å². The van der Waals surface area contributed by atoms with Crippen LogP contribution in [-0.2, 0) is 7.05 Å². The van der Waals surface area contributed by atoms with E-state index >= 15 is 0 Å². The Kier molecular flexibility index (Phi) is 3.33. The SMILES string of the molecule is Cc1nn(C)c(N2CCC3CCCCC3C2)c1C=O. The molecular formula is C15H23N3O. The summed E-state index contributed by atoms with van der Waals surface area (Å²) in [6, 6.07) is 0. The summed E-state index contributed by atoms with van der Waals surface area (Å²) in [5.41, 5.74) is 1.62. The van der Waals surface area contributed by atoms with Crippen molar-refractivity contribution in [2.45, 2.75) is 39.0 Å². The number of nitrogens with zero attached hydrogens (tertiary/aromatic N) is 3. The van der Waals surface area contributed by atoms with Gasteiger partial charge in [-0.25, -0.2) is 0 Å². The lowest BCUT2D eigenvalue weighted by Gasteiger charge is -2.42. The Morgan fingerprint density at radius 3 is 2.68 bits per heavy atom. The molecule has 0 radical (unpaired) electrons. The van der Waals surface area contributed by atoms with Crippen LogP contribution >= 0.6 is 0 Å². The van der Waals surface area contributed by atoms with E-state index in [1.807, 2.05) is 18.7 Å². The predicted octanol–water partition coefficient (Wildman–Crippen LogP) is 2.56. The molecule has 3 rings (SSSR count). The van der Waals surface area contributed by atoms with E-state index in [1.165, 1.54) is 32.1 Å². The molecule has 2 aliphatic rings. The van der Waals surface area contributed by atoms with Crippen molar-refractivity contribution in [1.29, 1.82) is 0 Å². The highest BCUT2D eigenvalue weighted by Crippen LogP contribution is 2.38. The van der Waals surface area contributed by atoms with Gasteiger partial charge in [0.2, 0.25) is 0 Å². The monoisotopic (exact) mass is 261 g/mol. The molecular weight excluding hydrogens is 238 g/mol. The number of hydrogen-bond donors (Lipinski definition) is 0. The molecule has 2 atom stereocenters. The van der Waals surface area contributed by atoms with Gasteiger partial charge in [0.15, 0.2) is 6.29 Å². The Morgan fingerprint density at radius 2 is 1.95 bits per heavy atom. The van der Waals surface area contributed by atoms with Gasteiger partial charge < -0.3 is 4.90 Å². The summed E-state index contributed by atoms with van der Waals surface area (Å²) in [7, 11) is 1.95. The number of aryl methyl sites for hydroxylation is 2. The van der Waals surface area contributed by atoms with Gasteiger partial charge >= 0.3 is 0 Å². The maximum absolute atomic E-state index is 11.3. The molecule has 2 fully saturated rings. The maximum atomic E-state index is 11.3. The Morgan fingerprint density at radius 1 is 1.21 bits per heavy atom. The highest BCUT2D eigenvalue weighted by Gasteiger charge is 2.33. The van der Waals surface area contributed by atoms with Gasteiger partial charge in [-0.05, 0) is 31.6 Å². The van der Waals surface area contributed by atoms with Gasteiger partial charge in [-0.3, -0.25) is 9.48 Å². The van der Waals surface area contributed by atoms with Crippen molar-refractivity contribution >= 4 is 12.1 Å². The van der Waals surface area contributed by atoms with Crippen molar-refractivity contribution in [2.24, 2.45) is 18.9 Å². The number of anilines is 1. The van der Waals surface area contributed by atoms with Crippen LogP contribution < -0.4 is 4.90 Å². The van der Waals surface area contributed by atoms with Crippen LogP contribution in [0.1, 0.15) is 48.2 Å². The van der Waals surface area contributed by atoms with Gasteiger partial charge in [-0.15, -0.1) is 0 Å². The van der Waals surface area contributed by atoms with Gasteiger partial charge in [0.1, 0.15) is 5.82 Å². The molecule has 1 aromatic heterocycles. The van der Waals surface area contributed by atoms with E-state index < -0.39 is 0 Å². The summed E-state index contributed by atoms with van der Waals surface area (Å²) in [6.45, 7) is 4.09. The zero-order valence-electron chi connectivity index (χ0n) is 11.9. The van der Waals surface area contributed by atoms with Crippen LogP contribution in [0.3, 0.4) is 0 Å². The lowest BCUT2D eigenvalue weighted by molar-refractivity contribution is 0.112. The topological polar surface area (TPSA) is 38.1 Å². The van der Waals surface area contributed by atoms with E-state index in [0.29, 0.717) is 0 Å². The second-order valence-electron chi connectivity index (χ2n) is 6.10. The minimum Gasteiger partial charge on any atom is -0.356 e. The second kappa shape index (κ2) is 4.99. The molecule has 1 saturated carbocycles. The van der Waals surface area contributed by atoms with Crippen LogP contribution in [0.5, 0.6) is 0 Å². The van der Waals surface area contributed by atoms with Gasteiger partial charge in [0, 0.05) is 20.1 Å². The minimum absolute atomic E-state index is 0.775. The Bertz CT molecular complexity index is 480. The van der Waals surface area contributed by atoms with E-state index in [9.17, 15) is 4.79 Å². The number of carbonyl (C=O) groups is 1. The number of aldehydes is 1. The highest BCUT2D eigenvalue weighted by atomic mass is 16.1. The molecule has 0 spiro atoms. The Balaban J connectivity index is 1.85. The number of hydrogen-bond acceptors (Lipinski definition) is 3. The van der Waals surface area contributed by atoms with Gasteiger partial charge in [0.05, 0.1) is 11.3 Å². The molecule has 0 N–H and O–H groups in total. The zero-order chi connectivity index (χ0) is 13.4. The summed E-state index contributed by atoms with van der Waals surface area (Å²) >= 11 is 0. The molecule has 0 aromatic carbocycles. The van der Waals surface area contributed by atoms with Crippen molar-refractivity contribution < 1.29 is 4.79 Å². The number of fused-ring (bicyclic) bond motifs is 1. The first-order valence-electron chi connectivity index (χ1n) is 7.44. The van der Waals surface area contributed by atoms with E-state index in [1.54, 1.807) is 0 Å². The van der Waals surface area contributed by atoms with Gasteiger partial charge in [-0.2, -0.15) is 5.10 Å². The molecule has 4 nitrogen and oxygen atoms in total. The lowest BCUT2D eigenvalue weighted by atomic mass is 9.75. The summed E-state index contributed by atoms with van der Waals surface area (Å²) in [5.74, 6) is 2.76. The van der Waals surface area contributed by atoms with Crippen LogP contribution in [0.2, 0.25) is 0 Å². The number of carbonyl (C=O) groups excluding carboxylic acids is 1. The normalized spacial score (nSPS) is 27.2. The maximum Gasteiger partial charge on any atom is 0.155 e. The van der Waals surface area contributed by atoms with Crippen molar-refractivity contribution in [3.63, 3.8) is 0 Å². The smallest absolute Gasteiger partial charge is 0.155 e. The van der Waals surface area contributed by atoms with Crippen molar-refractivity contribution in [2.75, 3.05) is 18.0 Å². The molecule has 19 heavy (non-hydrogen) atoms. The van der Waals surface area contributed by atoms with E-state index in [-0.39, 0.29) is 0 Å². The zero-order valence-corrected chi connectivity index (χ0v) is 11.9. The quantitative estimate of drug-likeness (QED) is 0.768. The third kappa shape index (κ3) is 2.17. The average molecular weight is 261 g/mol. The fourth-order valence-corrected chi connectivity index (χ4v) is 3.97. The third-order valence-corrected chi connectivity index (χ3v) is 4.95. The van der Waals surface area contributed by atoms with Gasteiger partial charge in [-0.1, -0.05) is 19.3 Å². The third-order valence-electron chi connectivity index (χ3n) is 4.95. The number of piperidine rings is 1. The van der Waals surface area contributed by atoms with Crippen LogP contribution in [0.15, 0.2) is 0 Å². The van der Waals surface area contributed by atoms with Gasteiger partial charge in [0.25, 0.3) is 0 Å². The first-order chi connectivity index (χ1) is 9.20. The summed E-state index contributed by atoms with van der Waals surface area (Å²) in [6.07, 6.45) is 7.78. The Hall–Kier alpha value is -1.32. The largest absolute Gasteiger partial charge is 0.356 e. The second-order valence-corrected chi connectivity index (χ2v) is 6.10. The molecule has 1 aliphatic carbocycles. The van der Waals surface area contributed by atoms with Crippen molar-refractivity contribution in [3.05, 3.63) is 11.3 Å². The molecule has 1 saturated heterocycles. The number of aromatic nitrogens is 2. The highest BCUT2D eigenvalue weighted by molar-refractivity contribution is 5.84. The fourth-order valence-electron chi connectivity index (χ4n) is 3.97.